The molecular formula is C15H18ClN3OS. The lowest BCUT2D eigenvalue weighted by Gasteiger charge is -2.10. The molecule has 0 fully saturated rings. The van der Waals surface area contributed by atoms with Crippen molar-refractivity contribution in [3.63, 3.8) is 0 Å². The molecule has 0 saturated carbocycles. The first-order valence-electron chi connectivity index (χ1n) is 6.84. The molecule has 6 heteroatoms. The van der Waals surface area contributed by atoms with Crippen molar-refractivity contribution in [1.29, 1.82) is 0 Å². The number of nitrogens with one attached hydrogen (secondary N) is 2. The second-order valence-corrected chi connectivity index (χ2v) is 6.08. The lowest BCUT2D eigenvalue weighted by molar-refractivity contribution is 0.799. The molecule has 1 aromatic carbocycles. The number of rotatable bonds is 6. The van der Waals surface area contributed by atoms with E-state index in [9.17, 15) is 4.79 Å². The van der Waals surface area contributed by atoms with Gasteiger partial charge in [-0.15, -0.1) is 0 Å². The van der Waals surface area contributed by atoms with E-state index in [2.05, 4.69) is 22.2 Å². The summed E-state index contributed by atoms with van der Waals surface area (Å²) in [6.45, 7) is 2.73. The number of hydrogen-bond donors (Lipinski definition) is 2. The summed E-state index contributed by atoms with van der Waals surface area (Å²) in [7, 11) is 1.87. The molecule has 0 atom stereocenters. The largest absolute Gasteiger partial charge is 0.316 e. The van der Waals surface area contributed by atoms with Crippen LogP contribution in [0.2, 0.25) is 5.02 Å². The van der Waals surface area contributed by atoms with E-state index in [4.69, 9.17) is 11.6 Å². The van der Waals surface area contributed by atoms with Crippen LogP contribution >= 0.6 is 23.4 Å². The van der Waals surface area contributed by atoms with Gasteiger partial charge in [-0.05, 0) is 31.2 Å². The summed E-state index contributed by atoms with van der Waals surface area (Å²) in [6.07, 6.45) is 1.76. The van der Waals surface area contributed by atoms with Gasteiger partial charge in [0.15, 0.2) is 5.16 Å². The zero-order valence-corrected chi connectivity index (χ0v) is 13.6. The average molecular weight is 324 g/mol. The van der Waals surface area contributed by atoms with Gasteiger partial charge in [-0.3, -0.25) is 4.79 Å². The predicted molar refractivity (Wildman–Crippen MR) is 87.2 cm³/mol. The van der Waals surface area contributed by atoms with Crippen LogP contribution in [-0.4, -0.2) is 17.0 Å². The first-order chi connectivity index (χ1) is 10.1. The monoisotopic (exact) mass is 323 g/mol. The fraction of sp³-hybridized carbons (Fsp3) is 0.333. The normalized spacial score (nSPS) is 10.8. The van der Waals surface area contributed by atoms with E-state index < -0.39 is 0 Å². The number of aromatic amines is 1. The summed E-state index contributed by atoms with van der Waals surface area (Å²) in [6, 6.07) is 7.30. The molecule has 112 valence electrons. The molecule has 2 aromatic rings. The smallest absolute Gasteiger partial charge is 0.251 e. The lowest BCUT2D eigenvalue weighted by Crippen LogP contribution is -2.10. The minimum atomic E-state index is -0.117. The van der Waals surface area contributed by atoms with Crippen LogP contribution in [0.1, 0.15) is 24.6 Å². The molecule has 1 aromatic heterocycles. The first kappa shape index (κ1) is 16.1. The summed E-state index contributed by atoms with van der Waals surface area (Å²) in [5.74, 6) is 0. The topological polar surface area (TPSA) is 57.8 Å². The van der Waals surface area contributed by atoms with Crippen LogP contribution in [0.3, 0.4) is 0 Å². The molecular weight excluding hydrogens is 306 g/mol. The third-order valence-electron chi connectivity index (χ3n) is 2.92. The van der Waals surface area contributed by atoms with Crippen molar-refractivity contribution >= 4 is 23.4 Å². The number of halogens is 1. The SMILES string of the molecule is CCCc1cc(=O)[nH]c(Sc2cccc(Cl)c2CNC)n1. The molecule has 2 rings (SSSR count). The molecule has 0 aliphatic carbocycles. The van der Waals surface area contributed by atoms with Crippen LogP contribution < -0.4 is 10.9 Å². The minimum absolute atomic E-state index is 0.117. The van der Waals surface area contributed by atoms with Crippen LogP contribution in [0.25, 0.3) is 0 Å². The molecule has 0 aliphatic rings. The summed E-state index contributed by atoms with van der Waals surface area (Å²) in [5, 5.41) is 4.42. The highest BCUT2D eigenvalue weighted by atomic mass is 35.5. The number of nitrogens with zero attached hydrogens (tertiary/aromatic N) is 1. The Morgan fingerprint density at radius 2 is 2.24 bits per heavy atom. The molecule has 0 unspecified atom stereocenters. The van der Waals surface area contributed by atoms with E-state index in [1.807, 2.05) is 25.2 Å². The summed E-state index contributed by atoms with van der Waals surface area (Å²) in [4.78, 5) is 20.0. The number of aromatic nitrogens is 2. The highest BCUT2D eigenvalue weighted by Crippen LogP contribution is 2.31. The molecule has 4 nitrogen and oxygen atoms in total. The van der Waals surface area contributed by atoms with Gasteiger partial charge in [-0.1, -0.05) is 42.8 Å². The Balaban J connectivity index is 2.34. The van der Waals surface area contributed by atoms with Crippen molar-refractivity contribution in [2.45, 2.75) is 36.4 Å². The first-order valence-corrected chi connectivity index (χ1v) is 8.03. The molecule has 0 saturated heterocycles. The number of H-pyrrole nitrogens is 1. The second kappa shape index (κ2) is 7.64. The Bertz CT molecular complexity index is 672. The Kier molecular flexibility index (Phi) is 5.85. The highest BCUT2D eigenvalue weighted by Gasteiger charge is 2.10. The number of benzene rings is 1. The molecule has 0 spiro atoms. The van der Waals surface area contributed by atoms with Gasteiger partial charge in [-0.2, -0.15) is 0 Å². The summed E-state index contributed by atoms with van der Waals surface area (Å²) < 4.78 is 0. The van der Waals surface area contributed by atoms with Crippen molar-refractivity contribution in [1.82, 2.24) is 15.3 Å². The standard InChI is InChI=1S/C15H18ClN3OS/c1-3-5-10-8-14(20)19-15(18-10)21-13-7-4-6-12(16)11(13)9-17-2/h4,6-8,17H,3,5,9H2,1-2H3,(H,18,19,20). The summed E-state index contributed by atoms with van der Waals surface area (Å²) >= 11 is 7.67. The van der Waals surface area contributed by atoms with Crippen LogP contribution in [0, 0.1) is 0 Å². The molecule has 0 aliphatic heterocycles. The van der Waals surface area contributed by atoms with Gasteiger partial charge in [0, 0.05) is 28.2 Å². The maximum Gasteiger partial charge on any atom is 0.251 e. The minimum Gasteiger partial charge on any atom is -0.316 e. The zero-order chi connectivity index (χ0) is 15.2. The molecule has 0 amide bonds. The maximum atomic E-state index is 11.7. The quantitative estimate of drug-likeness (QED) is 0.801. The predicted octanol–water partition coefficient (Wildman–Crippen LogP) is 3.25. The zero-order valence-electron chi connectivity index (χ0n) is 12.1. The highest BCUT2D eigenvalue weighted by molar-refractivity contribution is 7.99. The maximum absolute atomic E-state index is 11.7. The Hall–Kier alpha value is -1.30. The van der Waals surface area contributed by atoms with Gasteiger partial charge in [0.25, 0.3) is 5.56 Å². The molecule has 2 N–H and O–H groups in total. The van der Waals surface area contributed by atoms with Gasteiger partial charge >= 0.3 is 0 Å². The summed E-state index contributed by atoms with van der Waals surface area (Å²) in [5.41, 5.74) is 1.71. The third kappa shape index (κ3) is 4.33. The van der Waals surface area contributed by atoms with E-state index >= 15 is 0 Å². The average Bonchev–Trinajstić information content (AvgIpc) is 2.42. The number of aryl methyl sites for hydroxylation is 1. The Labute approximate surface area is 133 Å². The molecule has 1 heterocycles. The molecule has 0 bridgehead atoms. The molecule has 0 radical (unpaired) electrons. The fourth-order valence-electron chi connectivity index (χ4n) is 2.00. The molecule has 21 heavy (non-hydrogen) atoms. The van der Waals surface area contributed by atoms with E-state index in [1.54, 1.807) is 6.07 Å². The lowest BCUT2D eigenvalue weighted by atomic mass is 10.2. The van der Waals surface area contributed by atoms with Gasteiger partial charge < -0.3 is 10.3 Å². The van der Waals surface area contributed by atoms with Gasteiger partial charge in [0.05, 0.1) is 0 Å². The van der Waals surface area contributed by atoms with Crippen molar-refractivity contribution in [3.05, 3.63) is 50.9 Å². The van der Waals surface area contributed by atoms with Crippen LogP contribution in [0.4, 0.5) is 0 Å². The number of hydrogen-bond acceptors (Lipinski definition) is 4. The van der Waals surface area contributed by atoms with E-state index in [0.717, 1.165) is 29.0 Å². The van der Waals surface area contributed by atoms with Crippen molar-refractivity contribution in [2.75, 3.05) is 7.05 Å². The van der Waals surface area contributed by atoms with E-state index in [0.29, 0.717) is 16.7 Å². The van der Waals surface area contributed by atoms with Gasteiger partial charge in [0.1, 0.15) is 0 Å². The Morgan fingerprint density at radius 1 is 1.43 bits per heavy atom. The van der Waals surface area contributed by atoms with Crippen LogP contribution in [-0.2, 0) is 13.0 Å². The van der Waals surface area contributed by atoms with Gasteiger partial charge in [0.2, 0.25) is 0 Å². The Morgan fingerprint density at radius 3 is 2.95 bits per heavy atom. The van der Waals surface area contributed by atoms with Gasteiger partial charge in [-0.25, -0.2) is 4.98 Å². The third-order valence-corrected chi connectivity index (χ3v) is 4.26. The second-order valence-electron chi connectivity index (χ2n) is 4.64. The fourth-order valence-corrected chi connectivity index (χ4v) is 3.28. The van der Waals surface area contributed by atoms with E-state index in [1.165, 1.54) is 11.8 Å². The van der Waals surface area contributed by atoms with Crippen molar-refractivity contribution in [3.8, 4) is 0 Å². The van der Waals surface area contributed by atoms with Crippen molar-refractivity contribution < 1.29 is 0 Å². The van der Waals surface area contributed by atoms with Crippen molar-refractivity contribution in [2.24, 2.45) is 0 Å². The van der Waals surface area contributed by atoms with Crippen LogP contribution in [0.5, 0.6) is 0 Å². The van der Waals surface area contributed by atoms with Crippen LogP contribution in [0.15, 0.2) is 39.1 Å². The van der Waals surface area contributed by atoms with E-state index in [-0.39, 0.29) is 5.56 Å².